The molecule has 2 N–H and O–H groups in total. The third-order valence-electron chi connectivity index (χ3n) is 6.55. The largest absolute Gasteiger partial charge is 0.348 e. The van der Waals surface area contributed by atoms with Crippen LogP contribution < -0.4 is 10.6 Å². The number of anilines is 1. The molecule has 0 saturated carbocycles. The van der Waals surface area contributed by atoms with Gasteiger partial charge in [-0.1, -0.05) is 63.4 Å². The Morgan fingerprint density at radius 1 is 1.00 bits per heavy atom. The molecule has 3 aromatic carbocycles. The number of carbonyl (C=O) groups is 2. The van der Waals surface area contributed by atoms with Crippen LogP contribution in [0.5, 0.6) is 0 Å². The molecule has 7 heteroatoms. The number of amides is 2. The first-order valence-electron chi connectivity index (χ1n) is 10.2. The molecule has 0 aromatic heterocycles. The smallest absolute Gasteiger partial charge is 0.238 e. The Kier molecular flexibility index (Phi) is 5.31. The summed E-state index contributed by atoms with van der Waals surface area (Å²) >= 11 is 16.2. The second-order valence-corrected chi connectivity index (χ2v) is 10.1. The van der Waals surface area contributed by atoms with E-state index in [1.54, 1.807) is 6.07 Å². The van der Waals surface area contributed by atoms with Crippen LogP contribution in [-0.4, -0.2) is 11.8 Å². The predicted octanol–water partition coefficient (Wildman–Crippen LogP) is 6.30. The normalized spacial score (nSPS) is 24.2. The van der Waals surface area contributed by atoms with E-state index in [4.69, 9.17) is 23.2 Å². The van der Waals surface area contributed by atoms with Crippen LogP contribution in [0.3, 0.4) is 0 Å². The van der Waals surface area contributed by atoms with Gasteiger partial charge in [0, 0.05) is 32.5 Å². The molecule has 2 aliphatic rings. The van der Waals surface area contributed by atoms with Crippen molar-refractivity contribution in [3.8, 4) is 0 Å². The van der Waals surface area contributed by atoms with Crippen LogP contribution in [-0.2, 0) is 15.0 Å². The van der Waals surface area contributed by atoms with Crippen molar-refractivity contribution in [3.63, 3.8) is 0 Å². The molecule has 2 aliphatic heterocycles. The van der Waals surface area contributed by atoms with Crippen molar-refractivity contribution in [1.29, 1.82) is 0 Å². The Bertz CT molecular complexity index is 1280. The first-order chi connectivity index (χ1) is 15.3. The lowest BCUT2D eigenvalue weighted by Crippen LogP contribution is -2.57. The van der Waals surface area contributed by atoms with Crippen LogP contribution in [0, 0.1) is 6.92 Å². The van der Waals surface area contributed by atoms with Gasteiger partial charge in [0.15, 0.2) is 0 Å². The number of carbonyl (C=O) groups excluding carboxylic acids is 2. The lowest BCUT2D eigenvalue weighted by Gasteiger charge is -2.46. The molecule has 1 saturated heterocycles. The summed E-state index contributed by atoms with van der Waals surface area (Å²) in [6.07, 6.45) is 0.166. The van der Waals surface area contributed by atoms with E-state index in [1.165, 1.54) is 0 Å². The highest BCUT2D eigenvalue weighted by Gasteiger charge is 2.61. The van der Waals surface area contributed by atoms with E-state index in [0.29, 0.717) is 10.0 Å². The van der Waals surface area contributed by atoms with Gasteiger partial charge in [-0.05, 0) is 65.6 Å². The van der Waals surface area contributed by atoms with Gasteiger partial charge in [0.05, 0.1) is 6.04 Å². The van der Waals surface area contributed by atoms with Crippen LogP contribution >= 0.6 is 39.1 Å². The van der Waals surface area contributed by atoms with Gasteiger partial charge in [-0.3, -0.25) is 9.59 Å². The van der Waals surface area contributed by atoms with Crippen molar-refractivity contribution in [2.24, 2.45) is 0 Å². The molecular weight excluding hydrogens is 511 g/mol. The minimum atomic E-state index is -1.07. The van der Waals surface area contributed by atoms with Crippen molar-refractivity contribution in [2.75, 3.05) is 5.32 Å². The molecular formula is C25H19BrCl2N2O2. The van der Waals surface area contributed by atoms with E-state index in [1.807, 2.05) is 61.5 Å². The van der Waals surface area contributed by atoms with Gasteiger partial charge in [-0.2, -0.15) is 0 Å². The SMILES string of the molecule is Cc1ccc(Cl)cc1[C@H]1NC(=O)C[C@@H](c2cccc(Cl)c2)[C@]12C(=O)Nc1cc(Br)ccc12. The van der Waals surface area contributed by atoms with E-state index in [-0.39, 0.29) is 18.2 Å². The lowest BCUT2D eigenvalue weighted by atomic mass is 9.59. The van der Waals surface area contributed by atoms with Gasteiger partial charge >= 0.3 is 0 Å². The van der Waals surface area contributed by atoms with Crippen LogP contribution in [0.25, 0.3) is 0 Å². The zero-order valence-electron chi connectivity index (χ0n) is 17.1. The second-order valence-electron chi connectivity index (χ2n) is 8.33. The minimum absolute atomic E-state index is 0.122. The number of nitrogens with one attached hydrogen (secondary N) is 2. The zero-order valence-corrected chi connectivity index (χ0v) is 20.2. The molecule has 0 radical (unpaired) electrons. The highest BCUT2D eigenvalue weighted by molar-refractivity contribution is 9.10. The van der Waals surface area contributed by atoms with E-state index in [9.17, 15) is 9.59 Å². The Morgan fingerprint density at radius 3 is 2.56 bits per heavy atom. The number of rotatable bonds is 2. The summed E-state index contributed by atoms with van der Waals surface area (Å²) in [5.74, 6) is -0.691. The third kappa shape index (κ3) is 3.26. The number of halogens is 3. The van der Waals surface area contributed by atoms with E-state index >= 15 is 0 Å². The Hall–Kier alpha value is -2.34. The Morgan fingerprint density at radius 2 is 1.78 bits per heavy atom. The maximum Gasteiger partial charge on any atom is 0.238 e. The van der Waals surface area contributed by atoms with Gasteiger partial charge in [0.2, 0.25) is 11.8 Å². The van der Waals surface area contributed by atoms with Crippen molar-refractivity contribution >= 4 is 56.6 Å². The molecule has 32 heavy (non-hydrogen) atoms. The van der Waals surface area contributed by atoms with Crippen molar-refractivity contribution in [2.45, 2.75) is 30.7 Å². The summed E-state index contributed by atoms with van der Waals surface area (Å²) in [5.41, 5.74) is 3.14. The summed E-state index contributed by atoms with van der Waals surface area (Å²) in [4.78, 5) is 26.9. The van der Waals surface area contributed by atoms with Crippen molar-refractivity contribution < 1.29 is 9.59 Å². The average molecular weight is 530 g/mol. The summed E-state index contributed by atoms with van der Waals surface area (Å²) < 4.78 is 0.864. The number of hydrogen-bond donors (Lipinski definition) is 2. The molecule has 5 rings (SSSR count). The number of piperidine rings is 1. The molecule has 3 atom stereocenters. The molecule has 2 heterocycles. The fourth-order valence-electron chi connectivity index (χ4n) is 5.19. The van der Waals surface area contributed by atoms with Gasteiger partial charge in [0.1, 0.15) is 5.41 Å². The average Bonchev–Trinajstić information content (AvgIpc) is 3.02. The van der Waals surface area contributed by atoms with Crippen molar-refractivity contribution in [3.05, 3.63) is 97.4 Å². The molecule has 0 bridgehead atoms. The third-order valence-corrected chi connectivity index (χ3v) is 7.52. The number of aryl methyl sites for hydroxylation is 1. The molecule has 162 valence electrons. The quantitative estimate of drug-likeness (QED) is 0.409. The fraction of sp³-hybridized carbons (Fsp3) is 0.200. The summed E-state index contributed by atoms with van der Waals surface area (Å²) in [5, 5.41) is 7.32. The van der Waals surface area contributed by atoms with Crippen LogP contribution in [0.4, 0.5) is 5.69 Å². The molecule has 1 spiro atoms. The van der Waals surface area contributed by atoms with Crippen LogP contribution in [0.15, 0.2) is 65.1 Å². The fourth-order valence-corrected chi connectivity index (χ4v) is 5.93. The molecule has 0 unspecified atom stereocenters. The maximum absolute atomic E-state index is 13.9. The standard InChI is InChI=1S/C25H19BrCl2N2O2/c1-13-5-7-17(28)11-18(13)23-25(19-8-6-15(26)10-21(19)29-24(25)32)20(12-22(31)30-23)14-3-2-4-16(27)9-14/h2-11,20,23H,12H2,1H3,(H,29,32)(H,30,31)/t20-,23+,25-/m0/s1. The Balaban J connectivity index is 1.83. The number of hydrogen-bond acceptors (Lipinski definition) is 2. The summed E-state index contributed by atoms with van der Waals surface area (Å²) in [6.45, 7) is 1.96. The van der Waals surface area contributed by atoms with Crippen molar-refractivity contribution in [1.82, 2.24) is 5.32 Å². The van der Waals surface area contributed by atoms with Gasteiger partial charge in [0.25, 0.3) is 0 Å². The topological polar surface area (TPSA) is 58.2 Å². The van der Waals surface area contributed by atoms with E-state index < -0.39 is 17.4 Å². The van der Waals surface area contributed by atoms with Crippen LogP contribution in [0.2, 0.25) is 10.0 Å². The van der Waals surface area contributed by atoms with E-state index in [2.05, 4.69) is 26.6 Å². The molecule has 0 aliphatic carbocycles. The predicted molar refractivity (Wildman–Crippen MR) is 130 cm³/mol. The number of benzene rings is 3. The lowest BCUT2D eigenvalue weighted by molar-refractivity contribution is -0.131. The zero-order chi connectivity index (χ0) is 22.6. The first-order valence-corrected chi connectivity index (χ1v) is 11.8. The first kappa shape index (κ1) is 21.5. The Labute approximate surface area is 204 Å². The second kappa shape index (κ2) is 7.91. The van der Waals surface area contributed by atoms with Gasteiger partial charge in [-0.25, -0.2) is 0 Å². The van der Waals surface area contributed by atoms with Gasteiger partial charge in [-0.15, -0.1) is 0 Å². The van der Waals surface area contributed by atoms with Crippen LogP contribution in [0.1, 0.15) is 40.6 Å². The molecule has 3 aromatic rings. The van der Waals surface area contributed by atoms with Gasteiger partial charge < -0.3 is 10.6 Å². The summed E-state index contributed by atoms with van der Waals surface area (Å²) in [7, 11) is 0. The monoisotopic (exact) mass is 528 g/mol. The molecule has 2 amide bonds. The highest BCUT2D eigenvalue weighted by Crippen LogP contribution is 2.58. The molecule has 4 nitrogen and oxygen atoms in total. The highest BCUT2D eigenvalue weighted by atomic mass is 79.9. The minimum Gasteiger partial charge on any atom is -0.348 e. The summed E-state index contributed by atoms with van der Waals surface area (Å²) in [6, 6.07) is 18.2. The van der Waals surface area contributed by atoms with E-state index in [0.717, 1.165) is 32.4 Å². The number of fused-ring (bicyclic) bond motifs is 2. The molecule has 1 fully saturated rings. The maximum atomic E-state index is 13.9.